The van der Waals surface area contributed by atoms with Crippen molar-refractivity contribution in [2.75, 3.05) is 22.8 Å². The molecule has 40 heavy (non-hydrogen) atoms. The number of carboxylic acid groups (broad SMARTS) is 1. The average Bonchev–Trinajstić information content (AvgIpc) is 3.67. The van der Waals surface area contributed by atoms with E-state index in [1.807, 2.05) is 30.3 Å². The van der Waals surface area contributed by atoms with E-state index in [0.717, 1.165) is 36.4 Å². The predicted octanol–water partition coefficient (Wildman–Crippen LogP) is 6.66. The van der Waals surface area contributed by atoms with Crippen molar-refractivity contribution in [1.82, 2.24) is 9.55 Å². The summed E-state index contributed by atoms with van der Waals surface area (Å²) in [4.78, 5) is 31.5. The molecule has 8 nitrogen and oxygen atoms in total. The van der Waals surface area contributed by atoms with Crippen molar-refractivity contribution in [1.29, 1.82) is 0 Å². The number of ether oxygens (including phenoxy) is 1. The van der Waals surface area contributed by atoms with Crippen LogP contribution in [-0.2, 0) is 0 Å². The third-order valence-electron chi connectivity index (χ3n) is 7.14. The Labute approximate surface area is 245 Å². The molecule has 1 aliphatic carbocycles. The van der Waals surface area contributed by atoms with Gasteiger partial charge in [-0.25, -0.2) is 9.78 Å². The minimum absolute atomic E-state index is 0.0146. The molecular weight excluding hydrogens is 571 g/mol. The molecule has 4 aromatic rings. The summed E-state index contributed by atoms with van der Waals surface area (Å²) >= 11 is 14.7. The molecule has 1 aliphatic heterocycles. The van der Waals surface area contributed by atoms with Crippen molar-refractivity contribution in [3.05, 3.63) is 86.8 Å². The summed E-state index contributed by atoms with van der Waals surface area (Å²) in [6.07, 6.45) is 7.30. The fourth-order valence-corrected chi connectivity index (χ4v) is 6.19. The first-order chi connectivity index (χ1) is 19.4. The molecule has 11 heteroatoms. The maximum absolute atomic E-state index is 13.2. The maximum atomic E-state index is 13.2. The molecular formula is C29H26Cl2N4O4S. The van der Waals surface area contributed by atoms with Crippen LogP contribution in [0, 0.1) is 0 Å². The normalized spacial score (nSPS) is 16.9. The number of halogens is 2. The zero-order valence-electron chi connectivity index (χ0n) is 21.3. The summed E-state index contributed by atoms with van der Waals surface area (Å²) in [6.45, 7) is 1.12. The van der Waals surface area contributed by atoms with E-state index in [-0.39, 0.29) is 17.0 Å². The van der Waals surface area contributed by atoms with E-state index in [1.165, 1.54) is 19.0 Å². The first kappa shape index (κ1) is 26.8. The van der Waals surface area contributed by atoms with Crippen molar-refractivity contribution in [3.8, 4) is 11.6 Å². The number of carbonyl (C=O) groups is 1. The molecule has 1 saturated carbocycles. The van der Waals surface area contributed by atoms with Crippen LogP contribution >= 0.6 is 35.1 Å². The lowest BCUT2D eigenvalue weighted by Crippen LogP contribution is -2.34. The van der Waals surface area contributed by atoms with E-state index in [2.05, 4.69) is 14.6 Å². The second kappa shape index (κ2) is 11.2. The SMILES string of the molecule is O=C(O)c1cn(-c2ccc(NSC3CC3)cc2)c2cc(N3CCCC3COc3ncccc3Cl)c(Cl)cc2c1=O. The Hall–Kier alpha value is -3.40. The molecule has 2 fully saturated rings. The maximum Gasteiger partial charge on any atom is 0.341 e. The summed E-state index contributed by atoms with van der Waals surface area (Å²) in [5, 5.41) is 11.5. The van der Waals surface area contributed by atoms with Gasteiger partial charge in [-0.1, -0.05) is 23.2 Å². The predicted molar refractivity (Wildman–Crippen MR) is 161 cm³/mol. The van der Waals surface area contributed by atoms with Gasteiger partial charge in [0, 0.05) is 40.9 Å². The van der Waals surface area contributed by atoms with Gasteiger partial charge in [-0.2, -0.15) is 0 Å². The molecule has 0 spiro atoms. The fraction of sp³-hybridized carbons (Fsp3) is 0.276. The number of fused-ring (bicyclic) bond motifs is 1. The quantitative estimate of drug-likeness (QED) is 0.207. The number of anilines is 2. The van der Waals surface area contributed by atoms with E-state index in [9.17, 15) is 14.7 Å². The monoisotopic (exact) mass is 596 g/mol. The van der Waals surface area contributed by atoms with Crippen LogP contribution in [0.3, 0.4) is 0 Å². The molecule has 0 bridgehead atoms. The number of nitrogens with zero attached hydrogens (tertiary/aromatic N) is 3. The van der Waals surface area contributed by atoms with Crippen LogP contribution in [-0.4, -0.2) is 45.1 Å². The molecule has 3 heterocycles. The lowest BCUT2D eigenvalue weighted by atomic mass is 10.1. The summed E-state index contributed by atoms with van der Waals surface area (Å²) in [6, 6.07) is 14.6. The van der Waals surface area contributed by atoms with Gasteiger partial charge in [-0.3, -0.25) is 4.79 Å². The van der Waals surface area contributed by atoms with Gasteiger partial charge < -0.3 is 24.0 Å². The van der Waals surface area contributed by atoms with Crippen LogP contribution in [0.2, 0.25) is 10.0 Å². The van der Waals surface area contributed by atoms with Crippen LogP contribution in [0.15, 0.2) is 65.7 Å². The van der Waals surface area contributed by atoms with Gasteiger partial charge in [0.1, 0.15) is 17.2 Å². The Balaban J connectivity index is 1.37. The fourth-order valence-electron chi connectivity index (χ4n) is 4.93. The number of carboxylic acids is 1. The highest BCUT2D eigenvalue weighted by molar-refractivity contribution is 8.01. The van der Waals surface area contributed by atoms with Gasteiger partial charge in [0.25, 0.3) is 0 Å². The van der Waals surface area contributed by atoms with Gasteiger partial charge in [0.05, 0.1) is 22.3 Å². The average molecular weight is 598 g/mol. The van der Waals surface area contributed by atoms with Crippen molar-refractivity contribution < 1.29 is 14.6 Å². The lowest BCUT2D eigenvalue weighted by Gasteiger charge is -2.28. The smallest absolute Gasteiger partial charge is 0.341 e. The molecule has 1 unspecified atom stereocenters. The van der Waals surface area contributed by atoms with E-state index < -0.39 is 11.4 Å². The third-order valence-corrected chi connectivity index (χ3v) is 8.89. The second-order valence-electron chi connectivity index (χ2n) is 9.92. The van der Waals surface area contributed by atoms with Gasteiger partial charge >= 0.3 is 5.97 Å². The molecule has 1 atom stereocenters. The molecule has 2 aliphatic rings. The van der Waals surface area contributed by atoms with E-state index in [0.29, 0.717) is 33.3 Å². The van der Waals surface area contributed by atoms with E-state index >= 15 is 0 Å². The number of rotatable bonds is 9. The Morgan fingerprint density at radius 2 is 1.93 bits per heavy atom. The zero-order chi connectivity index (χ0) is 27.8. The van der Waals surface area contributed by atoms with Crippen molar-refractivity contribution in [2.24, 2.45) is 0 Å². The summed E-state index contributed by atoms with van der Waals surface area (Å²) < 4.78 is 11.1. The first-order valence-corrected chi connectivity index (χ1v) is 14.7. The Bertz CT molecular complexity index is 1640. The summed E-state index contributed by atoms with van der Waals surface area (Å²) in [7, 11) is 0. The number of benzene rings is 2. The van der Waals surface area contributed by atoms with Crippen LogP contribution < -0.4 is 19.8 Å². The lowest BCUT2D eigenvalue weighted by molar-refractivity contribution is 0.0695. The largest absolute Gasteiger partial charge is 0.477 e. The third kappa shape index (κ3) is 5.46. The van der Waals surface area contributed by atoms with Gasteiger partial charge in [0.2, 0.25) is 11.3 Å². The Kier molecular flexibility index (Phi) is 7.53. The molecule has 2 aromatic heterocycles. The van der Waals surface area contributed by atoms with Gasteiger partial charge in [-0.15, -0.1) is 0 Å². The highest BCUT2D eigenvalue weighted by atomic mass is 35.5. The van der Waals surface area contributed by atoms with Crippen molar-refractivity contribution >= 4 is 63.4 Å². The van der Waals surface area contributed by atoms with Crippen LogP contribution in [0.4, 0.5) is 11.4 Å². The minimum Gasteiger partial charge on any atom is -0.477 e. The number of pyridine rings is 2. The van der Waals surface area contributed by atoms with Gasteiger partial charge in [-0.05, 0) is 86.2 Å². The van der Waals surface area contributed by atoms with Crippen molar-refractivity contribution in [3.63, 3.8) is 0 Å². The topological polar surface area (TPSA) is 96.7 Å². The summed E-state index contributed by atoms with van der Waals surface area (Å²) in [5.41, 5.74) is 2.12. The van der Waals surface area contributed by atoms with Gasteiger partial charge in [0.15, 0.2) is 0 Å². The van der Waals surface area contributed by atoms with E-state index in [4.69, 9.17) is 27.9 Å². The van der Waals surface area contributed by atoms with Crippen LogP contribution in [0.5, 0.6) is 5.88 Å². The number of hydrogen-bond donors (Lipinski definition) is 2. The number of aromatic nitrogens is 2. The number of nitrogens with one attached hydrogen (secondary N) is 1. The van der Waals surface area contributed by atoms with Crippen LogP contribution in [0.1, 0.15) is 36.0 Å². The molecule has 0 amide bonds. The molecule has 1 saturated heterocycles. The van der Waals surface area contributed by atoms with Crippen molar-refractivity contribution in [2.45, 2.75) is 37.0 Å². The minimum atomic E-state index is -1.29. The standard InChI is InChI=1S/C29H26Cl2N4O4S/c30-23-4-1-11-32-28(23)39-16-19-3-2-12-34(19)26-14-25-21(13-24(26)31)27(36)22(29(37)38)15-35(25)18-7-5-17(6-8-18)33-40-20-9-10-20/h1,4-8,11,13-15,19-20,33H,2-3,9-10,12,16H2,(H,37,38). The molecule has 2 N–H and O–H groups in total. The highest BCUT2D eigenvalue weighted by Crippen LogP contribution is 2.37. The highest BCUT2D eigenvalue weighted by Gasteiger charge is 2.29. The molecule has 2 aromatic carbocycles. The number of hydrogen-bond acceptors (Lipinski definition) is 7. The first-order valence-electron chi connectivity index (χ1n) is 13.0. The van der Waals surface area contributed by atoms with Crippen LogP contribution in [0.25, 0.3) is 16.6 Å². The Morgan fingerprint density at radius 1 is 1.12 bits per heavy atom. The second-order valence-corrected chi connectivity index (χ2v) is 11.8. The Morgan fingerprint density at radius 3 is 2.65 bits per heavy atom. The zero-order valence-corrected chi connectivity index (χ0v) is 23.7. The molecule has 206 valence electrons. The summed E-state index contributed by atoms with van der Waals surface area (Å²) in [5.74, 6) is -0.908. The van der Waals surface area contributed by atoms with E-state index in [1.54, 1.807) is 40.9 Å². The number of aromatic carboxylic acids is 1. The molecule has 0 radical (unpaired) electrons. The molecule has 6 rings (SSSR count).